The number of nitrogens with one attached hydrogen (secondary N) is 1. The highest BCUT2D eigenvalue weighted by atomic mass is 16.5. The van der Waals surface area contributed by atoms with Gasteiger partial charge in [-0.3, -0.25) is 9.59 Å². The molecule has 2 aliphatic carbocycles. The standard InChI is InChI=1S/C20H30N4O3/c1-12(2)18(26)24-10-15-8-16(22-17(25)14-6-4-5-7-14)9-20(15,11-24)19-21-13(3)23-27-19/h12,14-16H,4-11H2,1-3H3,(H,22,25)/t15-,16+,20-/m0/s1. The molecule has 1 aromatic rings. The third-order valence-electron chi connectivity index (χ3n) is 6.71. The molecule has 0 bridgehead atoms. The summed E-state index contributed by atoms with van der Waals surface area (Å²) in [4.78, 5) is 31.7. The van der Waals surface area contributed by atoms with Crippen molar-refractivity contribution in [1.82, 2.24) is 20.4 Å². The molecular weight excluding hydrogens is 344 g/mol. The average Bonchev–Trinajstić information content (AvgIpc) is 3.36. The van der Waals surface area contributed by atoms with Gasteiger partial charge in [0.25, 0.3) is 0 Å². The summed E-state index contributed by atoms with van der Waals surface area (Å²) in [6.07, 6.45) is 5.95. The fourth-order valence-electron chi connectivity index (χ4n) is 5.35. The van der Waals surface area contributed by atoms with Crippen molar-refractivity contribution in [2.24, 2.45) is 17.8 Å². The van der Waals surface area contributed by atoms with E-state index in [0.29, 0.717) is 24.8 Å². The first-order valence-corrected chi connectivity index (χ1v) is 10.3. The molecular formula is C20H30N4O3. The Labute approximate surface area is 160 Å². The van der Waals surface area contributed by atoms with E-state index in [0.717, 1.165) is 38.5 Å². The topological polar surface area (TPSA) is 88.3 Å². The van der Waals surface area contributed by atoms with Gasteiger partial charge in [-0.15, -0.1) is 0 Å². The van der Waals surface area contributed by atoms with Gasteiger partial charge in [-0.2, -0.15) is 4.98 Å². The molecule has 2 heterocycles. The van der Waals surface area contributed by atoms with Crippen LogP contribution in [0.25, 0.3) is 0 Å². The average molecular weight is 374 g/mol. The van der Waals surface area contributed by atoms with Crippen molar-refractivity contribution >= 4 is 11.8 Å². The lowest BCUT2D eigenvalue weighted by molar-refractivity contribution is -0.134. The lowest BCUT2D eigenvalue weighted by atomic mass is 9.80. The number of carbonyl (C=O) groups is 2. The van der Waals surface area contributed by atoms with Crippen LogP contribution in [0.15, 0.2) is 4.52 Å². The van der Waals surface area contributed by atoms with Gasteiger partial charge in [-0.05, 0) is 38.5 Å². The van der Waals surface area contributed by atoms with Gasteiger partial charge in [0, 0.05) is 31.0 Å². The second-order valence-corrected chi connectivity index (χ2v) is 9.00. The SMILES string of the molecule is Cc1noc([C@]23C[C@H](NC(=O)C4CCCC4)C[C@H]2CN(C(=O)C(C)C)C3)n1. The summed E-state index contributed by atoms with van der Waals surface area (Å²) in [5, 5.41) is 7.28. The Bertz CT molecular complexity index is 725. The first-order chi connectivity index (χ1) is 12.9. The van der Waals surface area contributed by atoms with Crippen LogP contribution in [0, 0.1) is 24.7 Å². The van der Waals surface area contributed by atoms with Crippen LogP contribution in [0.1, 0.15) is 64.1 Å². The monoisotopic (exact) mass is 374 g/mol. The van der Waals surface area contributed by atoms with Crippen molar-refractivity contribution in [1.29, 1.82) is 0 Å². The number of fused-ring (bicyclic) bond motifs is 1. The lowest BCUT2D eigenvalue weighted by Crippen LogP contribution is -2.41. The molecule has 1 aliphatic heterocycles. The zero-order valence-corrected chi connectivity index (χ0v) is 16.5. The van der Waals surface area contributed by atoms with Gasteiger partial charge in [0.15, 0.2) is 5.82 Å². The van der Waals surface area contributed by atoms with Gasteiger partial charge < -0.3 is 14.7 Å². The van der Waals surface area contributed by atoms with Crippen LogP contribution in [0.5, 0.6) is 0 Å². The van der Waals surface area contributed by atoms with E-state index < -0.39 is 0 Å². The van der Waals surface area contributed by atoms with E-state index in [1.807, 2.05) is 25.7 Å². The fraction of sp³-hybridized carbons (Fsp3) is 0.800. The van der Waals surface area contributed by atoms with Crippen LogP contribution in [-0.2, 0) is 15.0 Å². The Balaban J connectivity index is 1.53. The number of nitrogens with zero attached hydrogens (tertiary/aromatic N) is 3. The van der Waals surface area contributed by atoms with Crippen molar-refractivity contribution in [2.75, 3.05) is 13.1 Å². The van der Waals surface area contributed by atoms with Crippen LogP contribution in [0.3, 0.4) is 0 Å². The minimum absolute atomic E-state index is 0.0248. The third-order valence-corrected chi connectivity index (χ3v) is 6.71. The minimum Gasteiger partial charge on any atom is -0.353 e. The Morgan fingerprint density at radius 3 is 2.67 bits per heavy atom. The predicted molar refractivity (Wildman–Crippen MR) is 98.7 cm³/mol. The molecule has 3 fully saturated rings. The number of aryl methyl sites for hydroxylation is 1. The smallest absolute Gasteiger partial charge is 0.235 e. The molecule has 3 aliphatic rings. The van der Waals surface area contributed by atoms with Crippen LogP contribution < -0.4 is 5.32 Å². The zero-order valence-electron chi connectivity index (χ0n) is 16.5. The molecule has 2 saturated carbocycles. The summed E-state index contributed by atoms with van der Waals surface area (Å²) in [5.74, 6) is 2.01. The van der Waals surface area contributed by atoms with Crippen molar-refractivity contribution in [2.45, 2.75) is 70.8 Å². The molecule has 148 valence electrons. The van der Waals surface area contributed by atoms with E-state index in [1.54, 1.807) is 0 Å². The molecule has 7 nitrogen and oxygen atoms in total. The van der Waals surface area contributed by atoms with Gasteiger partial charge in [-0.1, -0.05) is 31.8 Å². The number of rotatable bonds is 4. The summed E-state index contributed by atoms with van der Waals surface area (Å²) in [6, 6.07) is 0.117. The van der Waals surface area contributed by atoms with Crippen LogP contribution in [0.4, 0.5) is 0 Å². The van der Waals surface area contributed by atoms with Gasteiger partial charge in [-0.25, -0.2) is 0 Å². The number of carbonyl (C=O) groups excluding carboxylic acids is 2. The highest BCUT2D eigenvalue weighted by molar-refractivity contribution is 5.80. The van der Waals surface area contributed by atoms with Crippen molar-refractivity contribution in [3.05, 3.63) is 11.7 Å². The molecule has 27 heavy (non-hydrogen) atoms. The normalized spacial score (nSPS) is 30.9. The van der Waals surface area contributed by atoms with E-state index >= 15 is 0 Å². The Morgan fingerprint density at radius 2 is 2.04 bits per heavy atom. The molecule has 0 radical (unpaired) electrons. The van der Waals surface area contributed by atoms with Crippen molar-refractivity contribution < 1.29 is 14.1 Å². The molecule has 7 heteroatoms. The van der Waals surface area contributed by atoms with Gasteiger partial charge in [0.05, 0.1) is 5.41 Å². The predicted octanol–water partition coefficient (Wildman–Crippen LogP) is 2.20. The maximum absolute atomic E-state index is 12.6. The minimum atomic E-state index is -0.334. The molecule has 0 spiro atoms. The number of likely N-dealkylation sites (tertiary alicyclic amines) is 1. The zero-order chi connectivity index (χ0) is 19.2. The maximum atomic E-state index is 12.6. The Hall–Kier alpha value is -1.92. The summed E-state index contributed by atoms with van der Waals surface area (Å²) >= 11 is 0. The number of aromatic nitrogens is 2. The van der Waals surface area contributed by atoms with E-state index in [2.05, 4.69) is 15.5 Å². The molecule has 1 saturated heterocycles. The molecule has 3 atom stereocenters. The highest BCUT2D eigenvalue weighted by Gasteiger charge is 2.58. The number of hydrogen-bond acceptors (Lipinski definition) is 5. The van der Waals surface area contributed by atoms with Crippen molar-refractivity contribution in [3.8, 4) is 0 Å². The third kappa shape index (κ3) is 3.25. The van der Waals surface area contributed by atoms with Crippen molar-refractivity contribution in [3.63, 3.8) is 0 Å². The second-order valence-electron chi connectivity index (χ2n) is 9.00. The van der Waals surface area contributed by atoms with E-state index in [1.165, 1.54) is 0 Å². The number of amides is 2. The quantitative estimate of drug-likeness (QED) is 0.873. The molecule has 0 aromatic carbocycles. The van der Waals surface area contributed by atoms with Crippen LogP contribution in [-0.4, -0.2) is 46.0 Å². The molecule has 4 rings (SSSR count). The fourth-order valence-corrected chi connectivity index (χ4v) is 5.35. The van der Waals surface area contributed by atoms with E-state index in [4.69, 9.17) is 4.52 Å². The number of hydrogen-bond donors (Lipinski definition) is 1. The van der Waals surface area contributed by atoms with Gasteiger partial charge in [0.1, 0.15) is 0 Å². The maximum Gasteiger partial charge on any atom is 0.235 e. The van der Waals surface area contributed by atoms with E-state index in [9.17, 15) is 9.59 Å². The first-order valence-electron chi connectivity index (χ1n) is 10.3. The first kappa shape index (κ1) is 18.4. The van der Waals surface area contributed by atoms with Gasteiger partial charge >= 0.3 is 0 Å². The van der Waals surface area contributed by atoms with E-state index in [-0.39, 0.29) is 41.0 Å². The summed E-state index contributed by atoms with van der Waals surface area (Å²) in [6.45, 7) is 6.99. The molecule has 2 amide bonds. The van der Waals surface area contributed by atoms with Gasteiger partial charge in [0.2, 0.25) is 17.7 Å². The second kappa shape index (κ2) is 6.91. The summed E-state index contributed by atoms with van der Waals surface area (Å²) < 4.78 is 5.58. The lowest BCUT2D eigenvalue weighted by Gasteiger charge is -2.26. The Kier molecular flexibility index (Phi) is 4.72. The molecule has 1 aromatic heterocycles. The largest absolute Gasteiger partial charge is 0.353 e. The molecule has 1 N–H and O–H groups in total. The van der Waals surface area contributed by atoms with Crippen LogP contribution in [0.2, 0.25) is 0 Å². The summed E-state index contributed by atoms with van der Waals surface area (Å²) in [7, 11) is 0. The highest BCUT2D eigenvalue weighted by Crippen LogP contribution is 2.50. The summed E-state index contributed by atoms with van der Waals surface area (Å²) in [5.41, 5.74) is -0.334. The Morgan fingerprint density at radius 1 is 1.30 bits per heavy atom. The molecule has 0 unspecified atom stereocenters. The van der Waals surface area contributed by atoms with Crippen LogP contribution >= 0.6 is 0 Å².